The van der Waals surface area contributed by atoms with Crippen LogP contribution >= 0.6 is 0 Å². The van der Waals surface area contributed by atoms with Crippen molar-refractivity contribution in [2.75, 3.05) is 26.2 Å². The van der Waals surface area contributed by atoms with Gasteiger partial charge < -0.3 is 20.7 Å². The van der Waals surface area contributed by atoms with Crippen molar-refractivity contribution >= 4 is 0 Å². The van der Waals surface area contributed by atoms with E-state index >= 15 is 0 Å². The van der Waals surface area contributed by atoms with Crippen molar-refractivity contribution < 1.29 is 4.74 Å². The molecule has 2 bridgehead atoms. The summed E-state index contributed by atoms with van der Waals surface area (Å²) in [7, 11) is 0. The molecule has 3 N–H and O–H groups in total. The van der Waals surface area contributed by atoms with E-state index in [1.807, 2.05) is 30.3 Å². The number of nitrogens with zero attached hydrogens (tertiary/aromatic N) is 1. The Morgan fingerprint density at radius 1 is 0.800 bits per heavy atom. The van der Waals surface area contributed by atoms with Gasteiger partial charge >= 0.3 is 0 Å². The standard InChI is InChI=1S/C20H28N4O/c1-2-6-17(7-3-1)16-25-20-12-18-14-22-10-4-8-21-9-5-11-23-15-19(13-20)24-18/h1-3,6-7,12-13,21-23H,4-5,8-11,14-16H2. The molecule has 25 heavy (non-hydrogen) atoms. The molecule has 0 aliphatic carbocycles. The van der Waals surface area contributed by atoms with Crippen molar-refractivity contribution in [3.8, 4) is 5.75 Å². The lowest BCUT2D eigenvalue weighted by molar-refractivity contribution is 0.305. The maximum atomic E-state index is 6.01. The van der Waals surface area contributed by atoms with Crippen LogP contribution in [0.3, 0.4) is 0 Å². The van der Waals surface area contributed by atoms with Crippen LogP contribution < -0.4 is 20.7 Å². The maximum absolute atomic E-state index is 6.01. The van der Waals surface area contributed by atoms with Gasteiger partial charge in [-0.15, -0.1) is 0 Å². The summed E-state index contributed by atoms with van der Waals surface area (Å²) < 4.78 is 6.01. The van der Waals surface area contributed by atoms with Crippen LogP contribution in [0, 0.1) is 0 Å². The van der Waals surface area contributed by atoms with E-state index < -0.39 is 0 Å². The molecule has 1 aromatic carbocycles. The van der Waals surface area contributed by atoms with E-state index in [0.29, 0.717) is 6.61 Å². The third-order valence-electron chi connectivity index (χ3n) is 4.18. The number of rotatable bonds is 3. The molecule has 0 amide bonds. The molecule has 5 heteroatoms. The Hall–Kier alpha value is -1.95. The van der Waals surface area contributed by atoms with Gasteiger partial charge in [0.05, 0.1) is 11.4 Å². The molecule has 134 valence electrons. The molecular weight excluding hydrogens is 312 g/mol. The number of aromatic nitrogens is 1. The quantitative estimate of drug-likeness (QED) is 0.800. The van der Waals surface area contributed by atoms with Crippen LogP contribution in [0.25, 0.3) is 0 Å². The van der Waals surface area contributed by atoms with Gasteiger partial charge in [0.25, 0.3) is 0 Å². The van der Waals surface area contributed by atoms with Crippen LogP contribution in [-0.4, -0.2) is 31.2 Å². The van der Waals surface area contributed by atoms with Gasteiger partial charge in [0, 0.05) is 25.2 Å². The highest BCUT2D eigenvalue weighted by atomic mass is 16.5. The average molecular weight is 340 g/mol. The molecule has 0 atom stereocenters. The van der Waals surface area contributed by atoms with Gasteiger partial charge in [0.1, 0.15) is 12.4 Å². The predicted octanol–water partition coefficient (Wildman–Crippen LogP) is 2.22. The van der Waals surface area contributed by atoms with E-state index in [1.54, 1.807) is 0 Å². The van der Waals surface area contributed by atoms with Gasteiger partial charge in [-0.1, -0.05) is 30.3 Å². The third kappa shape index (κ3) is 6.46. The molecule has 2 heterocycles. The highest BCUT2D eigenvalue weighted by molar-refractivity contribution is 5.28. The second-order valence-corrected chi connectivity index (χ2v) is 6.37. The highest BCUT2D eigenvalue weighted by Crippen LogP contribution is 2.16. The summed E-state index contributed by atoms with van der Waals surface area (Å²) in [5.74, 6) is 0.890. The Bertz CT molecular complexity index is 603. The predicted molar refractivity (Wildman–Crippen MR) is 101 cm³/mol. The largest absolute Gasteiger partial charge is 0.489 e. The second-order valence-electron chi connectivity index (χ2n) is 6.37. The monoisotopic (exact) mass is 340 g/mol. The molecule has 1 aromatic heterocycles. The first-order valence-corrected chi connectivity index (χ1v) is 9.19. The van der Waals surface area contributed by atoms with E-state index in [4.69, 9.17) is 9.72 Å². The Morgan fingerprint density at radius 2 is 1.40 bits per heavy atom. The minimum atomic E-state index is 0.580. The first-order chi connectivity index (χ1) is 12.4. The molecule has 1 aliphatic rings. The zero-order valence-corrected chi connectivity index (χ0v) is 14.8. The van der Waals surface area contributed by atoms with E-state index in [9.17, 15) is 0 Å². The highest BCUT2D eigenvalue weighted by Gasteiger charge is 2.05. The fraction of sp³-hybridized carbons (Fsp3) is 0.450. The van der Waals surface area contributed by atoms with Gasteiger partial charge in [0.15, 0.2) is 0 Å². The SMILES string of the molecule is c1ccc(COc2cc3nc(c2)CNCCCNCCCNC3)cc1. The van der Waals surface area contributed by atoms with Gasteiger partial charge in [-0.2, -0.15) is 0 Å². The van der Waals surface area contributed by atoms with Crippen molar-refractivity contribution in [3.05, 3.63) is 59.4 Å². The summed E-state index contributed by atoms with van der Waals surface area (Å²) in [6, 6.07) is 14.3. The second kappa shape index (κ2) is 10.1. The molecule has 0 spiro atoms. The van der Waals surface area contributed by atoms with E-state index in [1.165, 1.54) is 5.56 Å². The van der Waals surface area contributed by atoms with Crippen molar-refractivity contribution in [1.29, 1.82) is 0 Å². The Balaban J connectivity index is 1.66. The Kier molecular flexibility index (Phi) is 7.24. The number of pyridine rings is 1. The van der Waals surface area contributed by atoms with Gasteiger partial charge in [-0.3, -0.25) is 4.98 Å². The molecule has 0 radical (unpaired) electrons. The zero-order chi connectivity index (χ0) is 17.2. The lowest BCUT2D eigenvalue weighted by atomic mass is 10.2. The Morgan fingerprint density at radius 3 is 2.04 bits per heavy atom. The third-order valence-corrected chi connectivity index (χ3v) is 4.18. The Labute approximate surface area is 150 Å². The molecule has 0 unspecified atom stereocenters. The van der Waals surface area contributed by atoms with Gasteiger partial charge in [-0.05, 0) is 44.6 Å². The molecule has 0 saturated heterocycles. The van der Waals surface area contributed by atoms with Crippen LogP contribution in [-0.2, 0) is 19.7 Å². The van der Waals surface area contributed by atoms with Crippen molar-refractivity contribution in [2.45, 2.75) is 32.5 Å². The molecule has 2 aromatic rings. The molecule has 3 rings (SSSR count). The van der Waals surface area contributed by atoms with Crippen LogP contribution in [0.15, 0.2) is 42.5 Å². The van der Waals surface area contributed by atoms with Crippen LogP contribution in [0.4, 0.5) is 0 Å². The molecule has 0 saturated carbocycles. The summed E-state index contributed by atoms with van der Waals surface area (Å²) in [5, 5.41) is 10.4. The summed E-state index contributed by atoms with van der Waals surface area (Å²) in [6.45, 7) is 6.24. The van der Waals surface area contributed by atoms with E-state index in [0.717, 1.165) is 69.2 Å². The van der Waals surface area contributed by atoms with Crippen LogP contribution in [0.1, 0.15) is 29.8 Å². The van der Waals surface area contributed by atoms with Crippen molar-refractivity contribution in [3.63, 3.8) is 0 Å². The first-order valence-electron chi connectivity index (χ1n) is 9.19. The smallest absolute Gasteiger partial charge is 0.123 e. The molecule has 0 fully saturated rings. The molecular formula is C20H28N4O. The topological polar surface area (TPSA) is 58.2 Å². The normalized spacial score (nSPS) is 16.8. The minimum absolute atomic E-state index is 0.580. The lowest BCUT2D eigenvalue weighted by Crippen LogP contribution is -2.26. The summed E-state index contributed by atoms with van der Waals surface area (Å²) >= 11 is 0. The summed E-state index contributed by atoms with van der Waals surface area (Å²) in [6.07, 6.45) is 2.26. The molecule has 1 aliphatic heterocycles. The number of ether oxygens (including phenoxy) is 1. The summed E-state index contributed by atoms with van der Waals surface area (Å²) in [5.41, 5.74) is 3.24. The number of hydrogen-bond acceptors (Lipinski definition) is 5. The number of fused-ring (bicyclic) bond motifs is 2. The molecule has 5 nitrogen and oxygen atoms in total. The number of benzene rings is 1. The fourth-order valence-electron chi connectivity index (χ4n) is 2.86. The van der Waals surface area contributed by atoms with Gasteiger partial charge in [0.2, 0.25) is 0 Å². The van der Waals surface area contributed by atoms with Crippen molar-refractivity contribution in [1.82, 2.24) is 20.9 Å². The average Bonchev–Trinajstić information content (AvgIpc) is 2.65. The van der Waals surface area contributed by atoms with Crippen molar-refractivity contribution in [2.24, 2.45) is 0 Å². The zero-order valence-electron chi connectivity index (χ0n) is 14.8. The maximum Gasteiger partial charge on any atom is 0.123 e. The van der Waals surface area contributed by atoms with Crippen LogP contribution in [0.5, 0.6) is 5.75 Å². The minimum Gasteiger partial charge on any atom is -0.489 e. The number of nitrogens with one attached hydrogen (secondary N) is 3. The van der Waals surface area contributed by atoms with Crippen LogP contribution in [0.2, 0.25) is 0 Å². The summed E-state index contributed by atoms with van der Waals surface area (Å²) in [4.78, 5) is 4.76. The fourth-order valence-corrected chi connectivity index (χ4v) is 2.86. The first kappa shape index (κ1) is 17.9. The van der Waals surface area contributed by atoms with Gasteiger partial charge in [-0.25, -0.2) is 0 Å². The number of hydrogen-bond donors (Lipinski definition) is 3. The lowest BCUT2D eigenvalue weighted by Gasteiger charge is -2.13. The van der Waals surface area contributed by atoms with E-state index in [-0.39, 0.29) is 0 Å². The van der Waals surface area contributed by atoms with E-state index in [2.05, 4.69) is 28.1 Å².